The van der Waals surface area contributed by atoms with Crippen LogP contribution in [0.1, 0.15) is 136 Å². The molecule has 0 aromatic heterocycles. The summed E-state index contributed by atoms with van der Waals surface area (Å²) >= 11 is 0. The predicted octanol–water partition coefficient (Wildman–Crippen LogP) is 11.9. The van der Waals surface area contributed by atoms with E-state index in [1.165, 1.54) is 0 Å². The summed E-state index contributed by atoms with van der Waals surface area (Å²) in [5.74, 6) is -0.860. The monoisotopic (exact) mass is 1000 g/mol. The van der Waals surface area contributed by atoms with Gasteiger partial charge in [0.05, 0.1) is 25.9 Å². The fourth-order valence-corrected chi connectivity index (χ4v) is 13.4. The first-order valence-electron chi connectivity index (χ1n) is 27.0. The van der Waals surface area contributed by atoms with Crippen LogP contribution < -0.4 is 0 Å². The minimum absolute atomic E-state index is 0.106. The molecule has 9 rings (SSSR count). The molecule has 392 valence electrons. The van der Waals surface area contributed by atoms with Crippen molar-refractivity contribution >= 4 is 14.5 Å². The van der Waals surface area contributed by atoms with Gasteiger partial charge < -0.3 is 51.8 Å². The molecule has 3 saturated heterocycles. The Morgan fingerprint density at radius 1 is 0.761 bits per heavy atom. The largest absolute Gasteiger partial charge is 0.509 e. The second kappa shape index (κ2) is 22.4. The molecule has 4 saturated carbocycles. The molecule has 4 aliphatic carbocycles. The minimum Gasteiger partial charge on any atom is -0.431 e. The lowest BCUT2D eigenvalue weighted by atomic mass is 9.75. The third-order valence-electron chi connectivity index (χ3n) is 17.0. The number of azide groups is 1. The highest BCUT2D eigenvalue weighted by atomic mass is 28.4. The summed E-state index contributed by atoms with van der Waals surface area (Å²) in [4.78, 5) is 18.0. The number of hydrogen-bond donors (Lipinski definition) is 0. The van der Waals surface area contributed by atoms with Crippen LogP contribution in [0.4, 0.5) is 4.79 Å². The first kappa shape index (κ1) is 52.7. The van der Waals surface area contributed by atoms with E-state index in [1.54, 1.807) is 0 Å². The summed E-state index contributed by atoms with van der Waals surface area (Å²) in [7, 11) is -2.57. The van der Waals surface area contributed by atoms with E-state index in [4.69, 9.17) is 51.8 Å². The zero-order chi connectivity index (χ0) is 50.0. The number of rotatable bonds is 15. The Kier molecular flexibility index (Phi) is 16.6. The van der Waals surface area contributed by atoms with Crippen LogP contribution in [0.2, 0.25) is 18.1 Å². The lowest BCUT2D eigenvalue weighted by Gasteiger charge is -2.50. The quantitative estimate of drug-likeness (QED) is 0.0545. The fraction of sp³-hybridized carbons (Fsp3) is 0.764. The number of hydrogen-bond acceptors (Lipinski definition) is 13. The lowest BCUT2D eigenvalue weighted by Crippen LogP contribution is -2.67. The van der Waals surface area contributed by atoms with Crippen molar-refractivity contribution in [3.05, 3.63) is 82.2 Å². The first-order valence-corrected chi connectivity index (χ1v) is 29.9. The van der Waals surface area contributed by atoms with Crippen molar-refractivity contribution in [1.82, 2.24) is 0 Å². The molecule has 7 aliphatic rings. The fourth-order valence-electron chi connectivity index (χ4n) is 12.1. The summed E-state index contributed by atoms with van der Waals surface area (Å²) in [6.45, 7) is 18.1. The van der Waals surface area contributed by atoms with E-state index in [1.807, 2.05) is 60.7 Å². The second-order valence-electron chi connectivity index (χ2n) is 23.5. The summed E-state index contributed by atoms with van der Waals surface area (Å²) in [6.07, 6.45) is 1.80. The molecule has 7 fully saturated rings. The van der Waals surface area contributed by atoms with Crippen LogP contribution in [-0.2, 0) is 65.0 Å². The Morgan fingerprint density at radius 3 is 1.89 bits per heavy atom. The normalized spacial score (nSPS) is 35.7. The molecule has 2 aromatic carbocycles. The van der Waals surface area contributed by atoms with Crippen LogP contribution in [0, 0.1) is 17.8 Å². The van der Waals surface area contributed by atoms with Gasteiger partial charge in [-0.25, -0.2) is 4.79 Å². The Balaban J connectivity index is 1.11. The van der Waals surface area contributed by atoms with Gasteiger partial charge in [-0.2, -0.15) is 0 Å². The van der Waals surface area contributed by atoms with Crippen molar-refractivity contribution in [3.63, 3.8) is 0 Å². The average Bonchev–Trinajstić information content (AvgIpc) is 3.89. The highest BCUT2D eigenvalue weighted by Crippen LogP contribution is 2.53. The van der Waals surface area contributed by atoms with Crippen LogP contribution in [0.25, 0.3) is 10.4 Å². The van der Waals surface area contributed by atoms with Crippen LogP contribution in [-0.4, -0.2) is 106 Å². The number of carbonyl (C=O) groups excluding carboxylic acids is 1. The molecule has 71 heavy (non-hydrogen) atoms. The lowest BCUT2D eigenvalue weighted by molar-refractivity contribution is -0.312. The van der Waals surface area contributed by atoms with Crippen molar-refractivity contribution in [2.75, 3.05) is 6.61 Å². The highest BCUT2D eigenvalue weighted by molar-refractivity contribution is 6.74. The molecular formula is C55H81N3O12Si. The molecule has 0 N–H and O–H groups in total. The molecule has 14 atom stereocenters. The van der Waals surface area contributed by atoms with Crippen LogP contribution in [0.3, 0.4) is 0 Å². The SMILES string of the molecule is CC(C)[C@@H]1CC[C@@H](C)C[C@H]1OC(=O)O[C@H]1[C@H](O[C@H]2O[C@H](COCc3ccccc3)[C@@H](O[Si](C)(C)C(C)(C)C)[C@H](OCc3ccccc3)[C@H]2N=[N+]=[N-])[C@H]2OC3(CCCCC3)O[C@@H]2[C@H]2OC3(CCCCC3)O[C@@H]12. The summed E-state index contributed by atoms with van der Waals surface area (Å²) < 4.78 is 76.9. The average molecular weight is 1000 g/mol. The molecule has 2 spiro atoms. The first-order chi connectivity index (χ1) is 34.1. The number of fused-ring (bicyclic) bond motifs is 3. The van der Waals surface area contributed by atoms with Crippen molar-refractivity contribution in [2.45, 2.75) is 241 Å². The molecule has 2 aromatic rings. The zero-order valence-electron chi connectivity index (χ0n) is 43.5. The van der Waals surface area contributed by atoms with Crippen molar-refractivity contribution in [1.29, 1.82) is 0 Å². The molecule has 0 radical (unpaired) electrons. The Bertz CT molecular complexity index is 2090. The number of benzene rings is 2. The number of carbonyl (C=O) groups is 1. The predicted molar refractivity (Wildman–Crippen MR) is 267 cm³/mol. The highest BCUT2D eigenvalue weighted by Gasteiger charge is 2.69. The van der Waals surface area contributed by atoms with Gasteiger partial charge in [-0.3, -0.25) is 0 Å². The second-order valence-corrected chi connectivity index (χ2v) is 28.3. The Labute approximate surface area is 422 Å². The zero-order valence-corrected chi connectivity index (χ0v) is 44.5. The number of nitrogens with zero attached hydrogens (tertiary/aromatic N) is 3. The van der Waals surface area contributed by atoms with Crippen molar-refractivity contribution in [3.8, 4) is 0 Å². The van der Waals surface area contributed by atoms with Gasteiger partial charge in [-0.05, 0) is 91.1 Å². The van der Waals surface area contributed by atoms with Gasteiger partial charge in [-0.1, -0.05) is 127 Å². The van der Waals surface area contributed by atoms with E-state index in [9.17, 15) is 10.3 Å². The summed E-state index contributed by atoms with van der Waals surface area (Å²) in [5.41, 5.74) is 12.4. The Hall–Kier alpha value is -3.12. The van der Waals surface area contributed by atoms with Gasteiger partial charge in [0, 0.05) is 30.6 Å². The van der Waals surface area contributed by atoms with E-state index in [-0.39, 0.29) is 30.3 Å². The van der Waals surface area contributed by atoms with Crippen molar-refractivity contribution in [2.24, 2.45) is 22.9 Å². The van der Waals surface area contributed by atoms with E-state index in [2.05, 4.69) is 64.7 Å². The van der Waals surface area contributed by atoms with Gasteiger partial charge in [-0.15, -0.1) is 0 Å². The molecule has 3 aliphatic heterocycles. The van der Waals surface area contributed by atoms with Gasteiger partial charge in [0.25, 0.3) is 0 Å². The molecule has 0 amide bonds. The maximum atomic E-state index is 14.6. The van der Waals surface area contributed by atoms with Crippen molar-refractivity contribution < 1.29 is 56.6 Å². The van der Waals surface area contributed by atoms with E-state index in [0.717, 1.165) is 68.9 Å². The van der Waals surface area contributed by atoms with Gasteiger partial charge >= 0.3 is 6.16 Å². The third-order valence-corrected chi connectivity index (χ3v) is 21.5. The standard InChI is InChI=1S/C55H81N3O12Si/c1-35(2)39-26-25-36(3)31-40(39)63-52(59)65-46-45(47-49(68-54(66-47)27-17-11-18-28-54)50-48(46)67-55(69-50)29-19-12-20-30-55)64-51-42(57-58-56)44(61-33-38-23-15-10-16-24-38)43(70-71(7,8)53(4,5)6)41(62-51)34-60-32-37-21-13-9-14-22-37/h9-10,13-16,21-24,35-36,39-51H,11-12,17-20,25-34H2,1-8H3/t36-,39+,40-,41-,42-,43-,44-,45+,46+,47-,48+,49+,50+,51-/m1/s1. The summed E-state index contributed by atoms with van der Waals surface area (Å²) in [5, 5.41) is 4.27. The number of ether oxygens (including phenoxy) is 10. The maximum absolute atomic E-state index is 14.6. The smallest absolute Gasteiger partial charge is 0.431 e. The van der Waals surface area contributed by atoms with Gasteiger partial charge in [0.2, 0.25) is 0 Å². The minimum atomic E-state index is -2.57. The van der Waals surface area contributed by atoms with E-state index in [0.29, 0.717) is 44.1 Å². The van der Waals surface area contributed by atoms with Gasteiger partial charge in [0.15, 0.2) is 32.3 Å². The van der Waals surface area contributed by atoms with Crippen LogP contribution in [0.5, 0.6) is 0 Å². The molecule has 16 heteroatoms. The summed E-state index contributed by atoms with van der Waals surface area (Å²) in [6, 6.07) is 18.8. The molecule has 3 heterocycles. The molecule has 0 unspecified atom stereocenters. The maximum Gasteiger partial charge on any atom is 0.509 e. The topological polar surface area (TPSA) is 167 Å². The van der Waals surface area contributed by atoms with Gasteiger partial charge in [0.1, 0.15) is 54.9 Å². The molecule has 0 bridgehead atoms. The third kappa shape index (κ3) is 11.9. The van der Waals surface area contributed by atoms with Crippen LogP contribution >= 0.6 is 0 Å². The Morgan fingerprint density at radius 2 is 1.32 bits per heavy atom. The molecule has 15 nitrogen and oxygen atoms in total. The van der Waals surface area contributed by atoms with E-state index < -0.39 is 93.3 Å². The molecular weight excluding hydrogens is 923 g/mol. The van der Waals surface area contributed by atoms with E-state index >= 15 is 0 Å². The van der Waals surface area contributed by atoms with Crippen LogP contribution in [0.15, 0.2) is 65.8 Å².